The molecule has 7 heteroatoms. The second kappa shape index (κ2) is 11.0. The van der Waals surface area contributed by atoms with Crippen molar-refractivity contribution in [2.75, 3.05) is 44.3 Å². The first-order valence-corrected chi connectivity index (χ1v) is 9.57. The molecule has 1 saturated heterocycles. The summed E-state index contributed by atoms with van der Waals surface area (Å²) in [5.41, 5.74) is 1.09. The second-order valence-corrected chi connectivity index (χ2v) is 6.51. The lowest BCUT2D eigenvalue weighted by atomic mass is 10.2. The maximum Gasteiger partial charge on any atom is 0.191 e. The van der Waals surface area contributed by atoms with Gasteiger partial charge in [-0.3, -0.25) is 0 Å². The van der Waals surface area contributed by atoms with E-state index in [2.05, 4.69) is 58.4 Å². The normalized spacial score (nSPS) is 20.9. The molecule has 146 valence electrons. The van der Waals surface area contributed by atoms with E-state index in [0.29, 0.717) is 13.2 Å². The summed E-state index contributed by atoms with van der Waals surface area (Å²) in [6, 6.07) is 4.17. The molecular weight excluding hydrogens is 330 g/mol. The molecule has 0 aromatic carbocycles. The minimum Gasteiger partial charge on any atom is -0.380 e. The summed E-state index contributed by atoms with van der Waals surface area (Å²) < 4.78 is 11.1. The van der Waals surface area contributed by atoms with Gasteiger partial charge in [-0.05, 0) is 39.3 Å². The number of rotatable bonds is 8. The first kappa shape index (κ1) is 20.5. The quantitative estimate of drug-likeness (QED) is 0.417. The Morgan fingerprint density at radius 2 is 2.04 bits per heavy atom. The molecule has 2 unspecified atom stereocenters. The van der Waals surface area contributed by atoms with E-state index in [1.165, 1.54) is 0 Å². The smallest absolute Gasteiger partial charge is 0.191 e. The number of guanidine groups is 1. The molecule has 1 aliphatic heterocycles. The Labute approximate surface area is 157 Å². The van der Waals surface area contributed by atoms with Crippen molar-refractivity contribution in [3.05, 3.63) is 23.9 Å². The molecule has 0 radical (unpaired) electrons. The molecule has 1 fully saturated rings. The molecule has 1 aliphatic rings. The number of hydrogen-bond donors (Lipinski definition) is 2. The fourth-order valence-corrected chi connectivity index (χ4v) is 2.96. The summed E-state index contributed by atoms with van der Waals surface area (Å²) in [4.78, 5) is 11.5. The number of ether oxygens (including phenoxy) is 2. The van der Waals surface area contributed by atoms with Gasteiger partial charge < -0.3 is 25.0 Å². The highest BCUT2D eigenvalue weighted by molar-refractivity contribution is 5.79. The van der Waals surface area contributed by atoms with Gasteiger partial charge in [-0.1, -0.05) is 6.07 Å². The molecule has 2 N–H and O–H groups in total. The minimum atomic E-state index is 0.232. The van der Waals surface area contributed by atoms with Gasteiger partial charge in [0.15, 0.2) is 5.96 Å². The Balaban J connectivity index is 1.90. The molecular formula is C19H33N5O2. The SMILES string of the molecule is CCNC(=NCc1ccc(N2CC(C)OC(C)C2)nc1)NCCOCC. The lowest BCUT2D eigenvalue weighted by Crippen LogP contribution is -2.45. The van der Waals surface area contributed by atoms with E-state index in [1.807, 2.05) is 13.1 Å². The van der Waals surface area contributed by atoms with Gasteiger partial charge in [0.2, 0.25) is 0 Å². The molecule has 0 amide bonds. The molecule has 2 heterocycles. The Kier molecular flexibility index (Phi) is 8.64. The lowest BCUT2D eigenvalue weighted by molar-refractivity contribution is -0.00545. The van der Waals surface area contributed by atoms with Crippen LogP contribution in [0.2, 0.25) is 0 Å². The van der Waals surface area contributed by atoms with Gasteiger partial charge in [-0.2, -0.15) is 0 Å². The van der Waals surface area contributed by atoms with Crippen molar-refractivity contribution in [3.8, 4) is 0 Å². The second-order valence-electron chi connectivity index (χ2n) is 6.51. The van der Waals surface area contributed by atoms with Crippen LogP contribution >= 0.6 is 0 Å². The van der Waals surface area contributed by atoms with Crippen LogP contribution in [0.3, 0.4) is 0 Å². The van der Waals surface area contributed by atoms with E-state index in [1.54, 1.807) is 0 Å². The summed E-state index contributed by atoms with van der Waals surface area (Å²) in [6.07, 6.45) is 2.37. The maximum absolute atomic E-state index is 5.79. The van der Waals surface area contributed by atoms with Crippen LogP contribution in [0, 0.1) is 0 Å². The zero-order valence-electron chi connectivity index (χ0n) is 16.5. The number of nitrogens with one attached hydrogen (secondary N) is 2. The Morgan fingerprint density at radius 1 is 1.27 bits per heavy atom. The molecule has 0 spiro atoms. The largest absolute Gasteiger partial charge is 0.380 e. The lowest BCUT2D eigenvalue weighted by Gasteiger charge is -2.36. The fraction of sp³-hybridized carbons (Fsp3) is 0.684. The number of anilines is 1. The van der Waals surface area contributed by atoms with Gasteiger partial charge in [-0.15, -0.1) is 0 Å². The van der Waals surface area contributed by atoms with Crippen LogP contribution in [0.25, 0.3) is 0 Å². The zero-order valence-corrected chi connectivity index (χ0v) is 16.5. The molecule has 0 bridgehead atoms. The number of pyridine rings is 1. The van der Waals surface area contributed by atoms with Crippen molar-refractivity contribution in [1.82, 2.24) is 15.6 Å². The van der Waals surface area contributed by atoms with Gasteiger partial charge >= 0.3 is 0 Å². The third-order valence-electron chi connectivity index (χ3n) is 4.06. The molecule has 2 atom stereocenters. The topological polar surface area (TPSA) is 71.0 Å². The highest BCUT2D eigenvalue weighted by Gasteiger charge is 2.22. The first-order chi connectivity index (χ1) is 12.6. The molecule has 0 saturated carbocycles. The molecule has 1 aromatic heterocycles. The summed E-state index contributed by atoms with van der Waals surface area (Å²) in [5.74, 6) is 1.80. The Morgan fingerprint density at radius 3 is 2.65 bits per heavy atom. The van der Waals surface area contributed by atoms with E-state index in [4.69, 9.17) is 9.47 Å². The Bertz CT molecular complexity index is 539. The van der Waals surface area contributed by atoms with Crippen LogP contribution in [-0.4, -0.2) is 62.5 Å². The van der Waals surface area contributed by atoms with Crippen molar-refractivity contribution in [3.63, 3.8) is 0 Å². The number of nitrogens with zero attached hydrogens (tertiary/aromatic N) is 3. The van der Waals surface area contributed by atoms with Crippen molar-refractivity contribution in [1.29, 1.82) is 0 Å². The van der Waals surface area contributed by atoms with E-state index >= 15 is 0 Å². The summed E-state index contributed by atoms with van der Waals surface area (Å²) in [7, 11) is 0. The van der Waals surface area contributed by atoms with Crippen LogP contribution in [0.15, 0.2) is 23.3 Å². The first-order valence-electron chi connectivity index (χ1n) is 9.57. The number of morpholine rings is 1. The van der Waals surface area contributed by atoms with E-state index < -0.39 is 0 Å². The van der Waals surface area contributed by atoms with Crippen LogP contribution in [0.4, 0.5) is 5.82 Å². The van der Waals surface area contributed by atoms with Crippen LogP contribution in [0.5, 0.6) is 0 Å². The average Bonchev–Trinajstić information content (AvgIpc) is 2.63. The van der Waals surface area contributed by atoms with E-state index in [0.717, 1.165) is 50.1 Å². The van der Waals surface area contributed by atoms with E-state index in [9.17, 15) is 0 Å². The molecule has 2 rings (SSSR count). The highest BCUT2D eigenvalue weighted by atomic mass is 16.5. The number of hydrogen-bond acceptors (Lipinski definition) is 5. The number of aromatic nitrogens is 1. The Hall–Kier alpha value is -1.86. The fourth-order valence-electron chi connectivity index (χ4n) is 2.96. The molecule has 0 aliphatic carbocycles. The predicted octanol–water partition coefficient (Wildman–Crippen LogP) is 1.79. The van der Waals surface area contributed by atoms with Gasteiger partial charge in [0.25, 0.3) is 0 Å². The van der Waals surface area contributed by atoms with Gasteiger partial charge in [0.1, 0.15) is 5.82 Å². The van der Waals surface area contributed by atoms with Crippen LogP contribution < -0.4 is 15.5 Å². The third-order valence-corrected chi connectivity index (χ3v) is 4.06. The monoisotopic (exact) mass is 363 g/mol. The minimum absolute atomic E-state index is 0.232. The average molecular weight is 364 g/mol. The highest BCUT2D eigenvalue weighted by Crippen LogP contribution is 2.18. The van der Waals surface area contributed by atoms with E-state index in [-0.39, 0.29) is 12.2 Å². The molecule has 1 aromatic rings. The van der Waals surface area contributed by atoms with Gasteiger partial charge in [0, 0.05) is 39.0 Å². The maximum atomic E-state index is 5.79. The van der Waals surface area contributed by atoms with Crippen molar-refractivity contribution in [2.45, 2.75) is 46.4 Å². The predicted molar refractivity (Wildman–Crippen MR) is 106 cm³/mol. The zero-order chi connectivity index (χ0) is 18.8. The summed E-state index contributed by atoms with van der Waals surface area (Å²) >= 11 is 0. The number of aliphatic imine (C=N–C) groups is 1. The van der Waals surface area contributed by atoms with Crippen molar-refractivity contribution in [2.24, 2.45) is 4.99 Å². The van der Waals surface area contributed by atoms with Crippen LogP contribution in [-0.2, 0) is 16.0 Å². The molecule has 7 nitrogen and oxygen atoms in total. The van der Waals surface area contributed by atoms with Gasteiger partial charge in [0.05, 0.1) is 25.4 Å². The van der Waals surface area contributed by atoms with Gasteiger partial charge in [-0.25, -0.2) is 9.98 Å². The van der Waals surface area contributed by atoms with Crippen LogP contribution in [0.1, 0.15) is 33.3 Å². The van der Waals surface area contributed by atoms with Crippen molar-refractivity contribution >= 4 is 11.8 Å². The summed E-state index contributed by atoms with van der Waals surface area (Å²) in [6.45, 7) is 13.6. The molecule has 26 heavy (non-hydrogen) atoms. The summed E-state index contributed by atoms with van der Waals surface area (Å²) in [5, 5.41) is 6.51. The standard InChI is InChI=1S/C19H33N5O2/c1-5-20-19(21-9-10-25-6-2)23-12-17-7-8-18(22-11-17)24-13-15(3)26-16(4)14-24/h7-8,11,15-16H,5-6,9-10,12-14H2,1-4H3,(H2,20,21,23). The third kappa shape index (κ3) is 6.80. The van der Waals surface area contributed by atoms with Crippen molar-refractivity contribution < 1.29 is 9.47 Å².